The molecule has 0 spiro atoms. The summed E-state index contributed by atoms with van der Waals surface area (Å²) < 4.78 is 1.94. The molecule has 0 unspecified atom stereocenters. The average molecular weight is 579 g/mol. The lowest BCUT2D eigenvalue weighted by molar-refractivity contribution is -0.137. The van der Waals surface area contributed by atoms with Crippen molar-refractivity contribution in [3.8, 4) is 0 Å². The lowest BCUT2D eigenvalue weighted by Crippen LogP contribution is -2.13. The Bertz CT molecular complexity index is 1430. The highest BCUT2D eigenvalue weighted by Gasteiger charge is 2.18. The normalized spacial score (nSPS) is 11.4. The molecule has 0 fully saturated rings. The highest BCUT2D eigenvalue weighted by Crippen LogP contribution is 2.29. The Labute approximate surface area is 257 Å². The summed E-state index contributed by atoms with van der Waals surface area (Å²) in [5.41, 5.74) is 8.31. The molecule has 0 atom stereocenters. The zero-order valence-electron chi connectivity index (χ0n) is 26.3. The number of benzene rings is 3. The Balaban J connectivity index is 1.55. The van der Waals surface area contributed by atoms with Gasteiger partial charge in [-0.2, -0.15) is 0 Å². The van der Waals surface area contributed by atoms with Crippen LogP contribution in [0.2, 0.25) is 0 Å². The number of hydrogen-bond acceptors (Lipinski definition) is 3. The fourth-order valence-corrected chi connectivity index (χ4v) is 5.62. The van der Waals surface area contributed by atoms with Crippen LogP contribution in [0.25, 0.3) is 0 Å². The summed E-state index contributed by atoms with van der Waals surface area (Å²) in [5, 5.41) is 12.7. The summed E-state index contributed by atoms with van der Waals surface area (Å²) in [6.07, 6.45) is 7.32. The zero-order chi connectivity index (χ0) is 30.9. The van der Waals surface area contributed by atoms with Crippen molar-refractivity contribution in [1.82, 2.24) is 4.57 Å². The molecule has 43 heavy (non-hydrogen) atoms. The lowest BCUT2D eigenvalue weighted by atomic mass is 9.93. The van der Waals surface area contributed by atoms with Gasteiger partial charge in [-0.3, -0.25) is 9.59 Å². The van der Waals surface area contributed by atoms with Gasteiger partial charge < -0.3 is 15.0 Å². The molecular weight excluding hydrogens is 532 g/mol. The Morgan fingerprint density at radius 2 is 1.30 bits per heavy atom. The number of anilines is 1. The third-order valence-electron chi connectivity index (χ3n) is 7.77. The number of nitrogens with zero attached hydrogens (tertiary/aromatic N) is 1. The van der Waals surface area contributed by atoms with Gasteiger partial charge in [0.2, 0.25) is 0 Å². The highest BCUT2D eigenvalue weighted by atomic mass is 16.4. The molecule has 226 valence electrons. The maximum atomic E-state index is 13.5. The van der Waals surface area contributed by atoms with E-state index < -0.39 is 5.97 Å². The predicted molar refractivity (Wildman–Crippen MR) is 176 cm³/mol. The topological polar surface area (TPSA) is 71.3 Å². The van der Waals surface area contributed by atoms with Gasteiger partial charge in [0.15, 0.2) is 5.78 Å². The van der Waals surface area contributed by atoms with Crippen LogP contribution in [-0.4, -0.2) is 21.4 Å². The molecule has 0 saturated heterocycles. The van der Waals surface area contributed by atoms with Crippen LogP contribution < -0.4 is 5.32 Å². The van der Waals surface area contributed by atoms with Crippen LogP contribution in [0.1, 0.15) is 97.2 Å². The van der Waals surface area contributed by atoms with Crippen molar-refractivity contribution < 1.29 is 14.7 Å². The number of ketones is 1. The average Bonchev–Trinajstić information content (AvgIpc) is 3.39. The number of carboxylic acid groups (broad SMARTS) is 1. The number of aliphatic carboxylic acids is 1. The molecule has 0 saturated carbocycles. The standard InChI is InChI=1S/C38H46N2O3/c1-6-30-24-40(21-7-8-36(41)42)25-35(30)38(43)33-17-19-34(20-18-33)39-37(31-13-9-28(10-14-31)22-26(2)3)32-15-11-29(12-16-32)23-27(4)5/h9-20,24-27,37,39H,6-8,21-23H2,1-5H3,(H,41,42). The number of carboxylic acids is 1. The number of carbonyl (C=O) groups excluding carboxylic acids is 1. The van der Waals surface area contributed by atoms with Gasteiger partial charge in [0.1, 0.15) is 0 Å². The fourth-order valence-electron chi connectivity index (χ4n) is 5.62. The maximum Gasteiger partial charge on any atom is 0.303 e. The number of hydrogen-bond donors (Lipinski definition) is 2. The Morgan fingerprint density at radius 1 is 0.767 bits per heavy atom. The number of aryl methyl sites for hydroxylation is 2. The summed E-state index contributed by atoms with van der Waals surface area (Å²) >= 11 is 0. The van der Waals surface area contributed by atoms with Crippen LogP contribution in [0.5, 0.6) is 0 Å². The molecule has 1 heterocycles. The van der Waals surface area contributed by atoms with E-state index in [2.05, 4.69) is 81.5 Å². The first-order chi connectivity index (χ1) is 20.6. The van der Waals surface area contributed by atoms with Gasteiger partial charge in [0.25, 0.3) is 0 Å². The molecule has 2 N–H and O–H groups in total. The summed E-state index contributed by atoms with van der Waals surface area (Å²) in [6, 6.07) is 25.5. The van der Waals surface area contributed by atoms with Gasteiger partial charge >= 0.3 is 5.97 Å². The number of aromatic nitrogens is 1. The van der Waals surface area contributed by atoms with Crippen LogP contribution in [-0.2, 0) is 30.6 Å². The van der Waals surface area contributed by atoms with Gasteiger partial charge in [-0.15, -0.1) is 0 Å². The molecule has 3 aromatic carbocycles. The van der Waals surface area contributed by atoms with Crippen LogP contribution in [0, 0.1) is 11.8 Å². The van der Waals surface area contributed by atoms with Crippen LogP contribution >= 0.6 is 0 Å². The van der Waals surface area contributed by atoms with E-state index in [-0.39, 0.29) is 18.2 Å². The van der Waals surface area contributed by atoms with Crippen molar-refractivity contribution in [3.63, 3.8) is 0 Å². The van der Waals surface area contributed by atoms with Crippen molar-refractivity contribution in [2.45, 2.75) is 79.3 Å². The summed E-state index contributed by atoms with van der Waals surface area (Å²) in [4.78, 5) is 24.4. The van der Waals surface area contributed by atoms with E-state index >= 15 is 0 Å². The van der Waals surface area contributed by atoms with Crippen molar-refractivity contribution in [2.24, 2.45) is 11.8 Å². The number of rotatable bonds is 15. The second-order valence-electron chi connectivity index (χ2n) is 12.4. The van der Waals surface area contributed by atoms with E-state index in [9.17, 15) is 9.59 Å². The smallest absolute Gasteiger partial charge is 0.303 e. The van der Waals surface area contributed by atoms with E-state index in [0.29, 0.717) is 35.9 Å². The first kappa shape index (κ1) is 31.8. The molecule has 5 heteroatoms. The minimum Gasteiger partial charge on any atom is -0.481 e. The first-order valence-corrected chi connectivity index (χ1v) is 15.6. The van der Waals surface area contributed by atoms with Gasteiger partial charge in [0, 0.05) is 42.2 Å². The van der Waals surface area contributed by atoms with Gasteiger partial charge in [-0.25, -0.2) is 0 Å². The first-order valence-electron chi connectivity index (χ1n) is 15.6. The third kappa shape index (κ3) is 8.93. The number of carbonyl (C=O) groups is 2. The van der Waals surface area contributed by atoms with Crippen molar-refractivity contribution >= 4 is 17.4 Å². The maximum absolute atomic E-state index is 13.5. The second kappa shape index (κ2) is 14.9. The molecule has 0 aliphatic heterocycles. The van der Waals surface area contributed by atoms with E-state index in [1.54, 1.807) is 0 Å². The van der Waals surface area contributed by atoms with Crippen molar-refractivity contribution in [3.05, 3.63) is 124 Å². The molecule has 5 nitrogen and oxygen atoms in total. The molecular formula is C38H46N2O3. The summed E-state index contributed by atoms with van der Waals surface area (Å²) in [7, 11) is 0. The minimum atomic E-state index is -0.804. The largest absolute Gasteiger partial charge is 0.481 e. The van der Waals surface area contributed by atoms with Crippen molar-refractivity contribution in [1.29, 1.82) is 0 Å². The van der Waals surface area contributed by atoms with Crippen LogP contribution in [0.4, 0.5) is 5.69 Å². The Kier molecular flexibility index (Phi) is 11.0. The summed E-state index contributed by atoms with van der Waals surface area (Å²) in [5.74, 6) is 0.400. The highest BCUT2D eigenvalue weighted by molar-refractivity contribution is 6.10. The quantitative estimate of drug-likeness (QED) is 0.138. The molecule has 4 rings (SSSR count). The van der Waals surface area contributed by atoms with Crippen LogP contribution in [0.15, 0.2) is 85.2 Å². The van der Waals surface area contributed by atoms with Crippen LogP contribution in [0.3, 0.4) is 0 Å². The van der Waals surface area contributed by atoms with E-state index in [1.165, 1.54) is 22.3 Å². The Hall–Kier alpha value is -4.12. The van der Waals surface area contributed by atoms with Gasteiger partial charge in [-0.1, -0.05) is 83.1 Å². The second-order valence-corrected chi connectivity index (χ2v) is 12.4. The summed E-state index contributed by atoms with van der Waals surface area (Å²) in [6.45, 7) is 11.6. The molecule has 0 aliphatic rings. The Morgan fingerprint density at radius 3 is 1.77 bits per heavy atom. The molecule has 4 aromatic rings. The molecule has 0 amide bonds. The minimum absolute atomic E-state index is 0.0154. The molecule has 1 aromatic heterocycles. The zero-order valence-corrected chi connectivity index (χ0v) is 26.3. The molecule has 0 aliphatic carbocycles. The number of nitrogens with one attached hydrogen (secondary N) is 1. The van der Waals surface area contributed by atoms with E-state index in [4.69, 9.17) is 5.11 Å². The molecule has 0 bridgehead atoms. The predicted octanol–water partition coefficient (Wildman–Crippen LogP) is 8.74. The van der Waals surface area contributed by atoms with Gasteiger partial charge in [0.05, 0.1) is 6.04 Å². The van der Waals surface area contributed by atoms with E-state index in [0.717, 1.165) is 30.5 Å². The van der Waals surface area contributed by atoms with Crippen molar-refractivity contribution in [2.75, 3.05) is 5.32 Å². The van der Waals surface area contributed by atoms with Gasteiger partial charge in [-0.05, 0) is 89.6 Å². The SMILES string of the molecule is CCc1cn(CCCC(=O)O)cc1C(=O)c1ccc(NC(c2ccc(CC(C)C)cc2)c2ccc(CC(C)C)cc2)cc1. The molecule has 0 radical (unpaired) electrons. The third-order valence-corrected chi connectivity index (χ3v) is 7.77. The van der Waals surface area contributed by atoms with E-state index in [1.807, 2.05) is 48.1 Å². The lowest BCUT2D eigenvalue weighted by Gasteiger charge is -2.22. The monoisotopic (exact) mass is 578 g/mol. The fraction of sp³-hybridized carbons (Fsp3) is 0.368.